The molecule has 0 unspecified atom stereocenters. The highest BCUT2D eigenvalue weighted by atomic mass is 16.5. The van der Waals surface area contributed by atoms with E-state index in [1.807, 2.05) is 48.5 Å². The second-order valence-electron chi connectivity index (χ2n) is 13.0. The number of ether oxygens (including phenoxy) is 2. The highest BCUT2D eigenvalue weighted by Crippen LogP contribution is 2.00. The molecule has 0 amide bonds. The molecule has 0 saturated heterocycles. The van der Waals surface area contributed by atoms with E-state index in [9.17, 15) is 40.2 Å². The van der Waals surface area contributed by atoms with Gasteiger partial charge in [-0.3, -0.25) is 5.32 Å². The van der Waals surface area contributed by atoms with Crippen molar-refractivity contribution in [2.45, 2.75) is 45.4 Å². The summed E-state index contributed by atoms with van der Waals surface area (Å²) in [6, 6.07) is 28.9. The van der Waals surface area contributed by atoms with Crippen molar-refractivity contribution in [3.05, 3.63) is 119 Å². The molecule has 0 radical (unpaired) electrons. The van der Waals surface area contributed by atoms with Crippen molar-refractivity contribution in [2.75, 3.05) is 46.2 Å². The Labute approximate surface area is 331 Å². The highest BCUT2D eigenvalue weighted by molar-refractivity contribution is 6.60. The van der Waals surface area contributed by atoms with E-state index < -0.39 is 28.5 Å². The maximum absolute atomic E-state index is 9.34. The Morgan fingerprint density at radius 1 is 0.357 bits per heavy atom. The molecule has 0 bridgehead atoms. The zero-order chi connectivity index (χ0) is 40.4. The van der Waals surface area contributed by atoms with Gasteiger partial charge < -0.3 is 65.6 Å². The quantitative estimate of drug-likeness (QED) is 0.0174. The maximum Gasteiger partial charge on any atom is 0.488 e. The number of hydrogen-bond donors (Lipinski definition) is 12. The Balaban J connectivity index is 0.000000300. The molecule has 4 aromatic carbocycles. The summed E-state index contributed by atoms with van der Waals surface area (Å²) in [7, 11) is -5.85. The lowest BCUT2D eigenvalue weighted by molar-refractivity contribution is 0.112. The average molecular weight is 772 g/mol. The van der Waals surface area contributed by atoms with Crippen LogP contribution in [0.5, 0.6) is 0 Å². The molecule has 0 heterocycles. The van der Waals surface area contributed by atoms with Gasteiger partial charge in [0.05, 0.1) is 13.3 Å². The largest absolute Gasteiger partial charge is 0.488 e. The van der Waals surface area contributed by atoms with Gasteiger partial charge in [0.15, 0.2) is 0 Å². The van der Waals surface area contributed by atoms with Crippen LogP contribution in [0, 0.1) is 0 Å². The Kier molecular flexibility index (Phi) is 23.5. The lowest BCUT2D eigenvalue weighted by atomic mass is 9.77. The smallest absolute Gasteiger partial charge is 0.423 e. The molecule has 0 aromatic heterocycles. The Bertz CT molecular complexity index is 1410. The highest BCUT2D eigenvalue weighted by Gasteiger charge is 2.17. The minimum atomic E-state index is -1.47. The third-order valence-electron chi connectivity index (χ3n) is 8.76. The third-order valence-corrected chi connectivity index (χ3v) is 8.76. The third kappa shape index (κ3) is 18.2. The van der Waals surface area contributed by atoms with E-state index in [2.05, 4.69) is 21.3 Å². The number of unbranched alkanes of at least 4 members (excludes halogenated alkanes) is 1. The molecule has 4 rings (SSSR count). The van der Waals surface area contributed by atoms with E-state index in [0.717, 1.165) is 54.6 Å². The molecule has 12 N–H and O–H groups in total. The van der Waals surface area contributed by atoms with Gasteiger partial charge in [0, 0.05) is 45.9 Å². The topological polar surface area (TPSA) is 228 Å². The Morgan fingerprint density at radius 3 is 1.11 bits per heavy atom. The summed E-state index contributed by atoms with van der Waals surface area (Å²) in [5.41, 5.74) is 5.50. The fraction of sp³-hybridized carbons (Fsp3) is 0.368. The first-order valence-corrected chi connectivity index (χ1v) is 18.9. The molecule has 56 heavy (non-hydrogen) atoms. The molecule has 0 fully saturated rings. The molecule has 0 aliphatic heterocycles. The van der Waals surface area contributed by atoms with Gasteiger partial charge in [0.1, 0.15) is 0 Å². The van der Waals surface area contributed by atoms with Crippen LogP contribution in [-0.4, -0.2) is 115 Å². The lowest BCUT2D eigenvalue weighted by Crippen LogP contribution is -2.35. The average Bonchev–Trinajstić information content (AvgIpc) is 3.20. The summed E-state index contributed by atoms with van der Waals surface area (Å²) < 4.78 is 11.1. The summed E-state index contributed by atoms with van der Waals surface area (Å²) in [5.74, 6) is 0. The van der Waals surface area contributed by atoms with E-state index in [0.29, 0.717) is 81.1 Å². The van der Waals surface area contributed by atoms with Crippen molar-refractivity contribution >= 4 is 50.3 Å². The van der Waals surface area contributed by atoms with Crippen LogP contribution < -0.4 is 43.1 Å². The van der Waals surface area contributed by atoms with Crippen molar-refractivity contribution in [2.24, 2.45) is 0 Å². The lowest BCUT2D eigenvalue weighted by Gasteiger charge is -2.11. The number of benzene rings is 4. The number of nitrogens with one attached hydrogen (secondary N) is 4. The van der Waals surface area contributed by atoms with E-state index in [-0.39, 0.29) is 0 Å². The van der Waals surface area contributed by atoms with Gasteiger partial charge in [-0.2, -0.15) is 0 Å². The van der Waals surface area contributed by atoms with Crippen LogP contribution in [-0.2, 0) is 35.7 Å². The summed E-state index contributed by atoms with van der Waals surface area (Å²) >= 11 is 0. The summed E-state index contributed by atoms with van der Waals surface area (Å²) in [6.45, 7) is 6.70. The second-order valence-corrected chi connectivity index (χ2v) is 13.0. The predicted octanol–water partition coefficient (Wildman–Crippen LogP) is -2.99. The van der Waals surface area contributed by atoms with Gasteiger partial charge >= 0.3 is 28.5 Å². The Morgan fingerprint density at radius 2 is 0.696 bits per heavy atom. The van der Waals surface area contributed by atoms with Crippen LogP contribution >= 0.6 is 0 Å². The summed E-state index contributed by atoms with van der Waals surface area (Å²) in [4.78, 5) is 0. The molecule has 0 aliphatic rings. The Hall–Kier alpha value is -3.42. The van der Waals surface area contributed by atoms with E-state index >= 15 is 0 Å². The molecule has 4 aromatic rings. The van der Waals surface area contributed by atoms with Gasteiger partial charge in [-0.1, -0.05) is 97.1 Å². The zero-order valence-corrected chi connectivity index (χ0v) is 31.8. The van der Waals surface area contributed by atoms with Crippen LogP contribution in [0.3, 0.4) is 0 Å². The van der Waals surface area contributed by atoms with E-state index in [1.54, 1.807) is 48.5 Å². The molecule has 18 heteroatoms. The molecular formula is C38H56B4N4O10. The van der Waals surface area contributed by atoms with Crippen LogP contribution in [0.4, 0.5) is 0 Å². The number of rotatable bonds is 26. The zero-order valence-electron chi connectivity index (χ0n) is 31.8. The van der Waals surface area contributed by atoms with Crippen LogP contribution in [0.15, 0.2) is 97.1 Å². The van der Waals surface area contributed by atoms with E-state index in [1.165, 1.54) is 0 Å². The van der Waals surface area contributed by atoms with Gasteiger partial charge in [0.25, 0.3) is 0 Å². The monoisotopic (exact) mass is 772 g/mol. The SMILES string of the molecule is OB(O)c1ccccc1CNCCCCOCNCc1ccccc1B(O)O.OB(O)c1ccccc1CNCCCOCCNCc1ccccc1B(O)O. The molecule has 0 aliphatic carbocycles. The van der Waals surface area contributed by atoms with Crippen LogP contribution in [0.25, 0.3) is 0 Å². The first-order valence-electron chi connectivity index (χ1n) is 18.9. The van der Waals surface area contributed by atoms with Crippen LogP contribution in [0.1, 0.15) is 41.5 Å². The van der Waals surface area contributed by atoms with Gasteiger partial charge in [-0.05, 0) is 76.5 Å². The van der Waals surface area contributed by atoms with Crippen LogP contribution in [0.2, 0.25) is 0 Å². The fourth-order valence-electron chi connectivity index (χ4n) is 5.79. The molecular weight excluding hydrogens is 716 g/mol. The molecule has 0 saturated carbocycles. The van der Waals surface area contributed by atoms with Gasteiger partial charge in [-0.25, -0.2) is 0 Å². The second kappa shape index (κ2) is 28.1. The molecule has 0 atom stereocenters. The minimum absolute atomic E-state index is 0.394. The summed E-state index contributed by atoms with van der Waals surface area (Å²) in [6.07, 6.45) is 2.71. The number of hydrogen-bond acceptors (Lipinski definition) is 14. The normalized spacial score (nSPS) is 10.9. The van der Waals surface area contributed by atoms with Crippen molar-refractivity contribution in [1.29, 1.82) is 0 Å². The molecule has 300 valence electrons. The van der Waals surface area contributed by atoms with E-state index in [4.69, 9.17) is 9.47 Å². The predicted molar refractivity (Wildman–Crippen MR) is 223 cm³/mol. The first kappa shape index (κ1) is 47.0. The van der Waals surface area contributed by atoms with Crippen molar-refractivity contribution in [3.63, 3.8) is 0 Å². The standard InChI is InChI=1S/2C19H28B2N2O5/c24-20(25)18-9-3-1-7-16(18)13-22-11-5-6-12-28-15-23-14-17-8-2-4-10-19(17)21(26)27;24-20(25)18-8-3-1-6-16(18)14-22-10-5-12-28-13-11-23-15-17-7-2-4-9-19(17)21(26)27/h1-4,7-10,22-27H,5-6,11-15H2;1-4,6-9,22-27H,5,10-15H2. The van der Waals surface area contributed by atoms with Gasteiger partial charge in [0.2, 0.25) is 0 Å². The van der Waals surface area contributed by atoms with Gasteiger partial charge in [-0.15, -0.1) is 0 Å². The first-order chi connectivity index (χ1) is 27.2. The minimum Gasteiger partial charge on any atom is -0.423 e. The molecule has 0 spiro atoms. The van der Waals surface area contributed by atoms with Crippen molar-refractivity contribution in [1.82, 2.24) is 21.3 Å². The maximum atomic E-state index is 9.34. The molecule has 14 nitrogen and oxygen atoms in total. The summed E-state index contributed by atoms with van der Waals surface area (Å²) in [5, 5.41) is 87.6. The van der Waals surface area contributed by atoms with Crippen molar-refractivity contribution in [3.8, 4) is 0 Å². The van der Waals surface area contributed by atoms with Crippen molar-refractivity contribution < 1.29 is 49.7 Å². The fourth-order valence-corrected chi connectivity index (χ4v) is 5.79.